The van der Waals surface area contributed by atoms with Crippen molar-refractivity contribution < 1.29 is 32.6 Å². The molecule has 2 N–H and O–H groups in total. The SMILES string of the molecule is Cc1nnc2ccc3c(cc(-c4ccn(CCC(=O)NC5COC5)n4)n3Cc3cccc(Cl)c3)n12.O=C(O)C(F)(F)F. The number of alkyl halides is 3. The third-order valence-electron chi connectivity index (χ3n) is 6.54. The number of nitrogens with one attached hydrogen (secondary N) is 1. The number of aromatic nitrogens is 6. The van der Waals surface area contributed by atoms with Crippen LogP contribution in [0.15, 0.2) is 54.7 Å². The van der Waals surface area contributed by atoms with E-state index in [2.05, 4.69) is 42.7 Å². The average molecular weight is 604 g/mol. The zero-order valence-electron chi connectivity index (χ0n) is 22.2. The molecule has 42 heavy (non-hydrogen) atoms. The molecular formula is C27H25ClF3N7O4. The number of carboxylic acids is 1. The number of hydrogen-bond donors (Lipinski definition) is 2. The van der Waals surface area contributed by atoms with Crippen LogP contribution in [0.25, 0.3) is 28.1 Å². The van der Waals surface area contributed by atoms with Crippen LogP contribution in [-0.2, 0) is 27.4 Å². The number of benzene rings is 1. The Morgan fingerprint density at radius 3 is 2.55 bits per heavy atom. The van der Waals surface area contributed by atoms with Crippen molar-refractivity contribution in [1.82, 2.24) is 34.3 Å². The predicted octanol–water partition coefficient (Wildman–Crippen LogP) is 4.10. The molecule has 0 radical (unpaired) electrons. The van der Waals surface area contributed by atoms with E-state index in [0.717, 1.165) is 39.5 Å². The number of carbonyl (C=O) groups is 2. The fourth-order valence-corrected chi connectivity index (χ4v) is 4.71. The summed E-state index contributed by atoms with van der Waals surface area (Å²) in [5.41, 5.74) is 5.75. The molecule has 0 aliphatic carbocycles. The van der Waals surface area contributed by atoms with Crippen LogP contribution < -0.4 is 5.32 Å². The lowest BCUT2D eigenvalue weighted by Gasteiger charge is -2.26. The zero-order valence-corrected chi connectivity index (χ0v) is 22.9. The lowest BCUT2D eigenvalue weighted by Crippen LogP contribution is -2.48. The summed E-state index contributed by atoms with van der Waals surface area (Å²) in [6, 6.07) is 16.2. The predicted molar refractivity (Wildman–Crippen MR) is 146 cm³/mol. The van der Waals surface area contributed by atoms with Crippen molar-refractivity contribution in [2.75, 3.05) is 13.2 Å². The molecule has 5 heterocycles. The minimum Gasteiger partial charge on any atom is -0.475 e. The average Bonchev–Trinajstić information content (AvgIpc) is 3.62. The summed E-state index contributed by atoms with van der Waals surface area (Å²) in [6.45, 7) is 4.26. The first-order valence-corrected chi connectivity index (χ1v) is 13.2. The van der Waals surface area contributed by atoms with Gasteiger partial charge in [0.15, 0.2) is 5.65 Å². The monoisotopic (exact) mass is 603 g/mol. The highest BCUT2D eigenvalue weighted by molar-refractivity contribution is 6.30. The Morgan fingerprint density at radius 1 is 1.12 bits per heavy atom. The van der Waals surface area contributed by atoms with Gasteiger partial charge in [-0.2, -0.15) is 18.3 Å². The minimum atomic E-state index is -5.08. The van der Waals surface area contributed by atoms with E-state index in [1.807, 2.05) is 48.1 Å². The maximum absolute atomic E-state index is 12.2. The van der Waals surface area contributed by atoms with E-state index in [1.165, 1.54) is 0 Å². The molecule has 0 bridgehead atoms. The Labute approximate surface area is 241 Å². The fraction of sp³-hybridized carbons (Fsp3) is 0.296. The molecule has 1 aliphatic heterocycles. The molecule has 11 nitrogen and oxygen atoms in total. The molecular weight excluding hydrogens is 579 g/mol. The second kappa shape index (κ2) is 11.8. The lowest BCUT2D eigenvalue weighted by molar-refractivity contribution is -0.192. The van der Waals surface area contributed by atoms with Crippen LogP contribution in [0.3, 0.4) is 0 Å². The zero-order chi connectivity index (χ0) is 30.0. The van der Waals surface area contributed by atoms with Crippen LogP contribution in [0.1, 0.15) is 17.8 Å². The highest BCUT2D eigenvalue weighted by atomic mass is 35.5. The standard InChI is InChI=1S/C25H24ClN7O2.C2HF3O2/c1-16-28-29-24-6-5-21-23(33(16)24)12-22(32(21)13-17-3-2-4-18(26)11-17)20-7-9-31(30-20)10-8-25(34)27-19-14-35-15-19;3-2(4,5)1(6)7/h2-7,9,11-12,19H,8,10,13-15H2,1H3,(H,27,34);(H,6,7). The largest absolute Gasteiger partial charge is 0.490 e. The maximum atomic E-state index is 12.2. The topological polar surface area (TPSA) is 129 Å². The Morgan fingerprint density at radius 2 is 1.88 bits per heavy atom. The van der Waals surface area contributed by atoms with Gasteiger partial charge in [0, 0.05) is 30.7 Å². The van der Waals surface area contributed by atoms with Crippen molar-refractivity contribution in [2.24, 2.45) is 0 Å². The Hall–Kier alpha value is -4.43. The first kappa shape index (κ1) is 29.1. The van der Waals surface area contributed by atoms with Gasteiger partial charge in [0.05, 0.1) is 36.0 Å². The van der Waals surface area contributed by atoms with Gasteiger partial charge in [-0.05, 0) is 48.9 Å². The number of amides is 1. The van der Waals surface area contributed by atoms with Crippen molar-refractivity contribution in [3.05, 3.63) is 71.1 Å². The molecule has 1 aromatic carbocycles. The van der Waals surface area contributed by atoms with Gasteiger partial charge in [-0.1, -0.05) is 23.7 Å². The van der Waals surface area contributed by atoms with Crippen LogP contribution in [0.2, 0.25) is 5.02 Å². The maximum Gasteiger partial charge on any atom is 0.490 e. The van der Waals surface area contributed by atoms with E-state index in [-0.39, 0.29) is 11.9 Å². The van der Waals surface area contributed by atoms with Gasteiger partial charge in [-0.3, -0.25) is 13.9 Å². The molecule has 0 saturated carbocycles. The highest BCUT2D eigenvalue weighted by Crippen LogP contribution is 2.30. The summed E-state index contributed by atoms with van der Waals surface area (Å²) in [4.78, 5) is 21.1. The van der Waals surface area contributed by atoms with Crippen molar-refractivity contribution in [3.8, 4) is 11.4 Å². The quantitative estimate of drug-likeness (QED) is 0.287. The highest BCUT2D eigenvalue weighted by Gasteiger charge is 2.38. The van der Waals surface area contributed by atoms with Crippen LogP contribution in [-0.4, -0.2) is 71.4 Å². The molecule has 5 aromatic rings. The first-order chi connectivity index (χ1) is 20.0. The van der Waals surface area contributed by atoms with Gasteiger partial charge < -0.3 is 19.7 Å². The summed E-state index contributed by atoms with van der Waals surface area (Å²) < 4.78 is 42.9. The van der Waals surface area contributed by atoms with E-state index in [0.29, 0.717) is 37.7 Å². The third kappa shape index (κ3) is 6.39. The van der Waals surface area contributed by atoms with Crippen LogP contribution in [0.4, 0.5) is 13.2 Å². The Bertz CT molecular complexity index is 1760. The van der Waals surface area contributed by atoms with Gasteiger partial charge >= 0.3 is 12.1 Å². The van der Waals surface area contributed by atoms with Gasteiger partial charge in [0.1, 0.15) is 11.5 Å². The van der Waals surface area contributed by atoms with E-state index in [9.17, 15) is 18.0 Å². The third-order valence-corrected chi connectivity index (χ3v) is 6.78. The van der Waals surface area contributed by atoms with Gasteiger partial charge in [0.2, 0.25) is 5.91 Å². The van der Waals surface area contributed by atoms with Crippen molar-refractivity contribution in [2.45, 2.75) is 38.7 Å². The van der Waals surface area contributed by atoms with E-state index in [1.54, 1.807) is 0 Å². The molecule has 6 rings (SSSR count). The van der Waals surface area contributed by atoms with E-state index >= 15 is 0 Å². The molecule has 0 unspecified atom stereocenters. The molecule has 1 aliphatic rings. The number of halogens is 4. The van der Waals surface area contributed by atoms with Crippen LogP contribution in [0, 0.1) is 6.92 Å². The number of ether oxygens (including phenoxy) is 1. The van der Waals surface area contributed by atoms with E-state index in [4.69, 9.17) is 31.3 Å². The number of pyridine rings is 1. The number of aryl methyl sites for hydroxylation is 2. The summed E-state index contributed by atoms with van der Waals surface area (Å²) >= 11 is 6.27. The minimum absolute atomic E-state index is 0.0101. The lowest BCUT2D eigenvalue weighted by atomic mass is 10.2. The number of aliphatic carboxylic acids is 1. The van der Waals surface area contributed by atoms with Gasteiger partial charge in [0.25, 0.3) is 0 Å². The summed E-state index contributed by atoms with van der Waals surface area (Å²) in [5.74, 6) is -1.92. The molecule has 220 valence electrons. The summed E-state index contributed by atoms with van der Waals surface area (Å²) in [6.07, 6.45) is -2.81. The molecule has 1 amide bonds. The molecule has 4 aromatic heterocycles. The smallest absolute Gasteiger partial charge is 0.475 e. The summed E-state index contributed by atoms with van der Waals surface area (Å²) in [7, 11) is 0. The molecule has 15 heteroatoms. The second-order valence-electron chi connectivity index (χ2n) is 9.61. The first-order valence-electron chi connectivity index (χ1n) is 12.8. The molecule has 0 atom stereocenters. The van der Waals surface area contributed by atoms with Crippen molar-refractivity contribution in [3.63, 3.8) is 0 Å². The normalized spacial score (nSPS) is 13.5. The number of carbonyl (C=O) groups excluding carboxylic acids is 1. The van der Waals surface area contributed by atoms with Gasteiger partial charge in [-0.15, -0.1) is 10.2 Å². The Kier molecular flexibility index (Phi) is 8.18. The number of hydrogen-bond acceptors (Lipinski definition) is 6. The van der Waals surface area contributed by atoms with E-state index < -0.39 is 12.1 Å². The Balaban J connectivity index is 0.000000451. The van der Waals surface area contributed by atoms with Gasteiger partial charge in [-0.25, -0.2) is 4.79 Å². The van der Waals surface area contributed by atoms with Crippen molar-refractivity contribution >= 4 is 40.2 Å². The fourth-order valence-electron chi connectivity index (χ4n) is 4.50. The molecule has 1 fully saturated rings. The number of fused-ring (bicyclic) bond motifs is 3. The number of nitrogens with zero attached hydrogens (tertiary/aromatic N) is 6. The molecule has 0 spiro atoms. The second-order valence-corrected chi connectivity index (χ2v) is 10.0. The number of carboxylic acid groups (broad SMARTS) is 1. The molecule has 1 saturated heterocycles. The van der Waals surface area contributed by atoms with Crippen LogP contribution in [0.5, 0.6) is 0 Å². The number of rotatable bonds is 7. The summed E-state index contributed by atoms with van der Waals surface area (Å²) in [5, 5.41) is 24.1. The van der Waals surface area contributed by atoms with Crippen molar-refractivity contribution in [1.29, 1.82) is 0 Å². The van der Waals surface area contributed by atoms with Crippen LogP contribution >= 0.6 is 11.6 Å².